The molecule has 0 radical (unpaired) electrons. The molecule has 0 unspecified atom stereocenters. The number of hydrogen-bond donors (Lipinski definition) is 0. The smallest absolute Gasteiger partial charge is 0.0101 e. The summed E-state index contributed by atoms with van der Waals surface area (Å²) in [5, 5.41) is 0. The second kappa shape index (κ2) is 3.02. The molecule has 0 amide bonds. The van der Waals surface area contributed by atoms with E-state index in [-0.39, 0.29) is 0 Å². The van der Waals surface area contributed by atoms with Gasteiger partial charge in [-0.3, -0.25) is 4.90 Å². The summed E-state index contributed by atoms with van der Waals surface area (Å²) in [5.74, 6) is 2.14. The maximum Gasteiger partial charge on any atom is 0.0101 e. The molecule has 2 rings (SSSR count). The average molecular weight is 167 g/mol. The van der Waals surface area contributed by atoms with E-state index in [9.17, 15) is 0 Å². The van der Waals surface area contributed by atoms with Crippen molar-refractivity contribution in [1.29, 1.82) is 0 Å². The summed E-state index contributed by atoms with van der Waals surface area (Å²) >= 11 is 0. The highest BCUT2D eigenvalue weighted by atomic mass is 15.2. The molecule has 70 valence electrons. The van der Waals surface area contributed by atoms with Crippen LogP contribution in [0, 0.1) is 11.8 Å². The van der Waals surface area contributed by atoms with Crippen LogP contribution in [0.25, 0.3) is 0 Å². The summed E-state index contributed by atoms with van der Waals surface area (Å²) in [4.78, 5) is 2.67. The summed E-state index contributed by atoms with van der Waals surface area (Å²) in [7, 11) is 0. The highest BCUT2D eigenvalue weighted by Crippen LogP contribution is 2.44. The van der Waals surface area contributed by atoms with Crippen molar-refractivity contribution in [2.75, 3.05) is 6.54 Å². The van der Waals surface area contributed by atoms with Crippen molar-refractivity contribution in [3.8, 4) is 0 Å². The zero-order valence-corrected chi connectivity index (χ0v) is 8.59. The number of likely N-dealkylation sites (tertiary alicyclic amines) is 1. The normalized spacial score (nSPS) is 38.0. The van der Waals surface area contributed by atoms with Crippen LogP contribution in [0.1, 0.15) is 40.0 Å². The van der Waals surface area contributed by atoms with Gasteiger partial charge in [0.1, 0.15) is 0 Å². The Labute approximate surface area is 76.1 Å². The fourth-order valence-electron chi connectivity index (χ4n) is 2.87. The molecular weight excluding hydrogens is 146 g/mol. The van der Waals surface area contributed by atoms with Gasteiger partial charge in [0.2, 0.25) is 0 Å². The Hall–Kier alpha value is -0.0400. The lowest BCUT2D eigenvalue weighted by Crippen LogP contribution is -2.36. The SMILES string of the molecule is CC(C)N1CC[C@H](C2CC2)[C@H]1C. The number of rotatable bonds is 2. The number of nitrogens with zero attached hydrogens (tertiary/aromatic N) is 1. The zero-order valence-electron chi connectivity index (χ0n) is 8.59. The highest BCUT2D eigenvalue weighted by molar-refractivity contribution is 4.94. The van der Waals surface area contributed by atoms with Gasteiger partial charge in [0.05, 0.1) is 0 Å². The first-order valence-corrected chi connectivity index (χ1v) is 5.46. The summed E-state index contributed by atoms with van der Waals surface area (Å²) in [6, 6.07) is 1.61. The molecule has 1 nitrogen and oxygen atoms in total. The molecular formula is C11H21N. The van der Waals surface area contributed by atoms with Crippen LogP contribution < -0.4 is 0 Å². The summed E-state index contributed by atoms with van der Waals surface area (Å²) in [6.07, 6.45) is 4.49. The average Bonchev–Trinajstić information content (AvgIpc) is 2.75. The zero-order chi connectivity index (χ0) is 8.72. The molecule has 1 heterocycles. The van der Waals surface area contributed by atoms with E-state index in [0.717, 1.165) is 23.9 Å². The van der Waals surface area contributed by atoms with Crippen molar-refractivity contribution >= 4 is 0 Å². The van der Waals surface area contributed by atoms with E-state index in [0.29, 0.717) is 0 Å². The van der Waals surface area contributed by atoms with Crippen molar-refractivity contribution in [3.05, 3.63) is 0 Å². The number of hydrogen-bond acceptors (Lipinski definition) is 1. The monoisotopic (exact) mass is 167 g/mol. The Morgan fingerprint density at radius 2 is 1.83 bits per heavy atom. The quantitative estimate of drug-likeness (QED) is 0.611. The van der Waals surface area contributed by atoms with Crippen molar-refractivity contribution < 1.29 is 0 Å². The molecule has 0 bridgehead atoms. The van der Waals surface area contributed by atoms with Gasteiger partial charge in [0.15, 0.2) is 0 Å². The Morgan fingerprint density at radius 3 is 2.25 bits per heavy atom. The van der Waals surface area contributed by atoms with Gasteiger partial charge in [-0.2, -0.15) is 0 Å². The van der Waals surface area contributed by atoms with Crippen molar-refractivity contribution in [1.82, 2.24) is 4.90 Å². The molecule has 1 saturated carbocycles. The van der Waals surface area contributed by atoms with E-state index >= 15 is 0 Å². The van der Waals surface area contributed by atoms with Gasteiger partial charge in [-0.25, -0.2) is 0 Å². The molecule has 0 N–H and O–H groups in total. The molecule has 0 aromatic heterocycles. The van der Waals surface area contributed by atoms with Crippen LogP contribution in [-0.4, -0.2) is 23.5 Å². The fourth-order valence-corrected chi connectivity index (χ4v) is 2.87. The molecule has 1 heteroatoms. The van der Waals surface area contributed by atoms with E-state index < -0.39 is 0 Å². The van der Waals surface area contributed by atoms with Crippen LogP contribution in [0.4, 0.5) is 0 Å². The van der Waals surface area contributed by atoms with Gasteiger partial charge >= 0.3 is 0 Å². The van der Waals surface area contributed by atoms with E-state index in [4.69, 9.17) is 0 Å². The van der Waals surface area contributed by atoms with Crippen LogP contribution in [-0.2, 0) is 0 Å². The molecule has 0 aromatic carbocycles. The maximum absolute atomic E-state index is 2.67. The van der Waals surface area contributed by atoms with Gasteiger partial charge in [0, 0.05) is 12.1 Å². The molecule has 1 aliphatic heterocycles. The van der Waals surface area contributed by atoms with Crippen molar-refractivity contribution in [3.63, 3.8) is 0 Å². The lowest BCUT2D eigenvalue weighted by atomic mass is 9.96. The minimum atomic E-state index is 0.753. The second-order valence-electron chi connectivity index (χ2n) is 4.86. The molecule has 0 spiro atoms. The van der Waals surface area contributed by atoms with Crippen LogP contribution >= 0.6 is 0 Å². The van der Waals surface area contributed by atoms with Gasteiger partial charge in [0.25, 0.3) is 0 Å². The Balaban J connectivity index is 1.95. The summed E-state index contributed by atoms with van der Waals surface area (Å²) in [6.45, 7) is 8.42. The third-order valence-corrected chi connectivity index (χ3v) is 3.75. The largest absolute Gasteiger partial charge is 0.298 e. The second-order valence-corrected chi connectivity index (χ2v) is 4.86. The first-order chi connectivity index (χ1) is 5.70. The van der Waals surface area contributed by atoms with Gasteiger partial charge in [-0.05, 0) is 58.4 Å². The molecule has 1 aliphatic carbocycles. The van der Waals surface area contributed by atoms with Crippen LogP contribution in [0.5, 0.6) is 0 Å². The van der Waals surface area contributed by atoms with Crippen molar-refractivity contribution in [2.45, 2.75) is 52.1 Å². The standard InChI is InChI=1S/C11H21N/c1-8(2)12-7-6-11(9(12)3)10-4-5-10/h8-11H,4-7H2,1-3H3/t9-,11+/m1/s1. The predicted molar refractivity (Wildman–Crippen MR) is 52.1 cm³/mol. The Morgan fingerprint density at radius 1 is 1.17 bits per heavy atom. The van der Waals surface area contributed by atoms with Crippen LogP contribution in [0.3, 0.4) is 0 Å². The Kier molecular flexibility index (Phi) is 2.16. The first-order valence-electron chi connectivity index (χ1n) is 5.46. The van der Waals surface area contributed by atoms with E-state index in [1.807, 2.05) is 0 Å². The molecule has 2 atom stereocenters. The lowest BCUT2D eigenvalue weighted by Gasteiger charge is -2.28. The minimum Gasteiger partial charge on any atom is -0.298 e. The molecule has 12 heavy (non-hydrogen) atoms. The van der Waals surface area contributed by atoms with Gasteiger partial charge in [-0.15, -0.1) is 0 Å². The van der Waals surface area contributed by atoms with Crippen LogP contribution in [0.2, 0.25) is 0 Å². The third-order valence-electron chi connectivity index (χ3n) is 3.75. The Bertz CT molecular complexity index is 150. The molecule has 1 saturated heterocycles. The molecule has 2 aliphatic rings. The van der Waals surface area contributed by atoms with E-state index in [1.165, 1.54) is 25.8 Å². The maximum atomic E-state index is 2.67. The van der Waals surface area contributed by atoms with E-state index in [1.54, 1.807) is 0 Å². The topological polar surface area (TPSA) is 3.24 Å². The third kappa shape index (κ3) is 1.39. The predicted octanol–water partition coefficient (Wildman–Crippen LogP) is 2.52. The van der Waals surface area contributed by atoms with Gasteiger partial charge < -0.3 is 0 Å². The first kappa shape index (κ1) is 8.55. The van der Waals surface area contributed by atoms with Crippen LogP contribution in [0.15, 0.2) is 0 Å². The summed E-state index contributed by atoms with van der Waals surface area (Å²) in [5.41, 5.74) is 0. The summed E-state index contributed by atoms with van der Waals surface area (Å²) < 4.78 is 0. The van der Waals surface area contributed by atoms with Crippen molar-refractivity contribution in [2.24, 2.45) is 11.8 Å². The highest BCUT2D eigenvalue weighted by Gasteiger charge is 2.41. The fraction of sp³-hybridized carbons (Fsp3) is 1.00. The van der Waals surface area contributed by atoms with E-state index in [2.05, 4.69) is 25.7 Å². The molecule has 0 aromatic rings. The van der Waals surface area contributed by atoms with Gasteiger partial charge in [-0.1, -0.05) is 0 Å². The minimum absolute atomic E-state index is 0.753. The molecule has 2 fully saturated rings. The lowest BCUT2D eigenvalue weighted by molar-refractivity contribution is 0.189.